The first kappa shape index (κ1) is 11.6. The molecule has 2 nitrogen and oxygen atoms in total. The van der Waals surface area contributed by atoms with E-state index in [1.807, 2.05) is 0 Å². The van der Waals surface area contributed by atoms with Gasteiger partial charge >= 0.3 is 0 Å². The molecule has 2 heteroatoms. The van der Waals surface area contributed by atoms with Crippen molar-refractivity contribution in [3.05, 3.63) is 35.9 Å². The Hall–Kier alpha value is -0.860. The first-order valence-corrected chi connectivity index (χ1v) is 6.12. The monoisotopic (exact) mass is 219 g/mol. The molecule has 4 unspecified atom stereocenters. The van der Waals surface area contributed by atoms with Crippen LogP contribution in [0.1, 0.15) is 32.3 Å². The van der Waals surface area contributed by atoms with Gasteiger partial charge in [0.15, 0.2) is 0 Å². The van der Waals surface area contributed by atoms with Crippen molar-refractivity contribution in [2.45, 2.75) is 44.9 Å². The van der Waals surface area contributed by atoms with Gasteiger partial charge in [0.1, 0.15) is 0 Å². The second-order valence-electron chi connectivity index (χ2n) is 4.78. The summed E-state index contributed by atoms with van der Waals surface area (Å²) in [4.78, 5) is 0. The standard InChI is InChI=1S/C14H21NO/c1-10(13-7-5-4-6-8-13)14-9-15-11(2)12(3)16-14/h4-8,10-12,14-15H,9H2,1-3H3. The van der Waals surface area contributed by atoms with Crippen LogP contribution in [0.5, 0.6) is 0 Å². The van der Waals surface area contributed by atoms with Crippen LogP contribution < -0.4 is 5.32 Å². The Morgan fingerprint density at radius 3 is 2.56 bits per heavy atom. The second-order valence-corrected chi connectivity index (χ2v) is 4.78. The molecule has 16 heavy (non-hydrogen) atoms. The number of benzene rings is 1. The Labute approximate surface area is 98.0 Å². The van der Waals surface area contributed by atoms with Crippen molar-refractivity contribution in [2.24, 2.45) is 0 Å². The number of morpholine rings is 1. The van der Waals surface area contributed by atoms with Crippen molar-refractivity contribution in [3.8, 4) is 0 Å². The number of rotatable bonds is 2. The molecule has 0 radical (unpaired) electrons. The van der Waals surface area contributed by atoms with E-state index in [9.17, 15) is 0 Å². The van der Waals surface area contributed by atoms with Crippen LogP contribution in [0.3, 0.4) is 0 Å². The lowest BCUT2D eigenvalue weighted by atomic mass is 9.93. The molecule has 1 aliphatic heterocycles. The topological polar surface area (TPSA) is 21.3 Å². The Bertz CT molecular complexity index is 325. The van der Waals surface area contributed by atoms with E-state index >= 15 is 0 Å². The van der Waals surface area contributed by atoms with E-state index < -0.39 is 0 Å². The van der Waals surface area contributed by atoms with E-state index in [-0.39, 0.29) is 6.10 Å². The molecule has 2 rings (SSSR count). The number of hydrogen-bond acceptors (Lipinski definition) is 2. The summed E-state index contributed by atoms with van der Waals surface area (Å²) in [5.74, 6) is 0.448. The molecule has 88 valence electrons. The van der Waals surface area contributed by atoms with Gasteiger partial charge in [-0.15, -0.1) is 0 Å². The lowest BCUT2D eigenvalue weighted by Gasteiger charge is -2.37. The van der Waals surface area contributed by atoms with Gasteiger partial charge in [-0.1, -0.05) is 37.3 Å². The Kier molecular flexibility index (Phi) is 3.62. The van der Waals surface area contributed by atoms with Gasteiger partial charge in [0.25, 0.3) is 0 Å². The van der Waals surface area contributed by atoms with Crippen molar-refractivity contribution in [2.75, 3.05) is 6.54 Å². The highest BCUT2D eigenvalue weighted by Crippen LogP contribution is 2.24. The lowest BCUT2D eigenvalue weighted by molar-refractivity contribution is -0.0587. The molecule has 1 N–H and O–H groups in total. The molecule has 1 aromatic carbocycles. The molecular weight excluding hydrogens is 198 g/mol. The molecule has 1 heterocycles. The molecule has 1 aliphatic rings. The molecule has 0 saturated carbocycles. The maximum atomic E-state index is 6.05. The fraction of sp³-hybridized carbons (Fsp3) is 0.571. The Morgan fingerprint density at radius 1 is 1.25 bits per heavy atom. The number of ether oxygens (including phenoxy) is 1. The van der Waals surface area contributed by atoms with E-state index in [0.29, 0.717) is 18.1 Å². The van der Waals surface area contributed by atoms with Gasteiger partial charge in [-0.2, -0.15) is 0 Å². The van der Waals surface area contributed by atoms with Crippen molar-refractivity contribution in [1.82, 2.24) is 5.32 Å². The minimum Gasteiger partial charge on any atom is -0.372 e. The van der Waals surface area contributed by atoms with Gasteiger partial charge in [-0.3, -0.25) is 0 Å². The molecule has 0 aromatic heterocycles. The highest BCUT2D eigenvalue weighted by atomic mass is 16.5. The van der Waals surface area contributed by atoms with Crippen molar-refractivity contribution < 1.29 is 4.74 Å². The number of nitrogens with one attached hydrogen (secondary N) is 1. The predicted octanol–water partition coefficient (Wildman–Crippen LogP) is 2.56. The van der Waals surface area contributed by atoms with Gasteiger partial charge in [-0.05, 0) is 19.4 Å². The van der Waals surface area contributed by atoms with Crippen LogP contribution in [0.25, 0.3) is 0 Å². The molecule has 0 bridgehead atoms. The summed E-state index contributed by atoms with van der Waals surface area (Å²) in [7, 11) is 0. The van der Waals surface area contributed by atoms with Crippen molar-refractivity contribution in [3.63, 3.8) is 0 Å². The van der Waals surface area contributed by atoms with E-state index in [4.69, 9.17) is 4.74 Å². The van der Waals surface area contributed by atoms with Gasteiger partial charge in [-0.25, -0.2) is 0 Å². The van der Waals surface area contributed by atoms with Gasteiger partial charge in [0.2, 0.25) is 0 Å². The fourth-order valence-corrected chi connectivity index (χ4v) is 2.18. The minimum absolute atomic E-state index is 0.286. The van der Waals surface area contributed by atoms with Crippen molar-refractivity contribution >= 4 is 0 Å². The maximum absolute atomic E-state index is 6.05. The summed E-state index contributed by atoms with van der Waals surface area (Å²) < 4.78 is 6.05. The third kappa shape index (κ3) is 2.45. The smallest absolute Gasteiger partial charge is 0.0769 e. The zero-order chi connectivity index (χ0) is 11.5. The van der Waals surface area contributed by atoms with E-state index in [0.717, 1.165) is 6.54 Å². The van der Waals surface area contributed by atoms with Crippen LogP contribution in [0.15, 0.2) is 30.3 Å². The molecule has 1 fully saturated rings. The lowest BCUT2D eigenvalue weighted by Crippen LogP contribution is -2.51. The maximum Gasteiger partial charge on any atom is 0.0769 e. The molecule has 1 aromatic rings. The summed E-state index contributed by atoms with van der Waals surface area (Å²) in [6, 6.07) is 11.1. The molecular formula is C14H21NO. The van der Waals surface area contributed by atoms with Crippen LogP contribution in [-0.2, 0) is 4.74 Å². The van der Waals surface area contributed by atoms with Crippen molar-refractivity contribution in [1.29, 1.82) is 0 Å². The van der Waals surface area contributed by atoms with E-state index in [1.165, 1.54) is 5.56 Å². The second kappa shape index (κ2) is 4.98. The van der Waals surface area contributed by atoms with Crippen LogP contribution in [0.4, 0.5) is 0 Å². The highest BCUT2D eigenvalue weighted by molar-refractivity contribution is 5.20. The molecule has 1 saturated heterocycles. The third-order valence-corrected chi connectivity index (χ3v) is 3.62. The quantitative estimate of drug-likeness (QED) is 0.825. The predicted molar refractivity (Wildman–Crippen MR) is 66.7 cm³/mol. The van der Waals surface area contributed by atoms with Gasteiger partial charge in [0.05, 0.1) is 12.2 Å². The van der Waals surface area contributed by atoms with Crippen LogP contribution in [-0.4, -0.2) is 24.8 Å². The molecule has 0 aliphatic carbocycles. The SMILES string of the molecule is CC1NCC(C(C)c2ccccc2)OC1C. The Morgan fingerprint density at radius 2 is 1.94 bits per heavy atom. The first-order chi connectivity index (χ1) is 7.68. The normalized spacial score (nSPS) is 32.3. The summed E-state index contributed by atoms with van der Waals surface area (Å²) in [6.07, 6.45) is 0.582. The van der Waals surface area contributed by atoms with Gasteiger partial charge in [0, 0.05) is 18.5 Å². The van der Waals surface area contributed by atoms with E-state index in [1.54, 1.807) is 0 Å². The molecule has 0 amide bonds. The van der Waals surface area contributed by atoms with Crippen LogP contribution in [0.2, 0.25) is 0 Å². The molecule has 0 spiro atoms. The minimum atomic E-state index is 0.286. The van der Waals surface area contributed by atoms with Crippen LogP contribution >= 0.6 is 0 Å². The van der Waals surface area contributed by atoms with Crippen LogP contribution in [0, 0.1) is 0 Å². The number of hydrogen-bond donors (Lipinski definition) is 1. The van der Waals surface area contributed by atoms with Gasteiger partial charge < -0.3 is 10.1 Å². The zero-order valence-electron chi connectivity index (χ0n) is 10.3. The summed E-state index contributed by atoms with van der Waals surface area (Å²) in [5.41, 5.74) is 1.36. The summed E-state index contributed by atoms with van der Waals surface area (Å²) >= 11 is 0. The third-order valence-electron chi connectivity index (χ3n) is 3.62. The Balaban J connectivity index is 2.03. The average molecular weight is 219 g/mol. The average Bonchev–Trinajstić information content (AvgIpc) is 2.33. The summed E-state index contributed by atoms with van der Waals surface area (Å²) in [5, 5.41) is 3.51. The summed E-state index contributed by atoms with van der Waals surface area (Å²) in [6.45, 7) is 7.50. The molecule has 4 atom stereocenters. The van der Waals surface area contributed by atoms with E-state index in [2.05, 4.69) is 56.4 Å². The highest BCUT2D eigenvalue weighted by Gasteiger charge is 2.28. The first-order valence-electron chi connectivity index (χ1n) is 6.12. The fourth-order valence-electron chi connectivity index (χ4n) is 2.18. The largest absolute Gasteiger partial charge is 0.372 e. The zero-order valence-corrected chi connectivity index (χ0v) is 10.3.